The van der Waals surface area contributed by atoms with E-state index < -0.39 is 29.0 Å². The van der Waals surface area contributed by atoms with E-state index in [2.05, 4.69) is 30.8 Å². The molecule has 15 heteroatoms. The zero-order valence-corrected chi connectivity index (χ0v) is 21.3. The van der Waals surface area contributed by atoms with Crippen LogP contribution in [0.25, 0.3) is 0 Å². The van der Waals surface area contributed by atoms with E-state index in [1.807, 2.05) is 20.8 Å². The summed E-state index contributed by atoms with van der Waals surface area (Å²) in [7, 11) is 1.43. The van der Waals surface area contributed by atoms with Gasteiger partial charge in [0, 0.05) is 12.6 Å². The molecule has 1 fully saturated rings. The number of carbonyl (C=O) groups is 2. The number of carboxylic acid groups (broad SMARTS) is 1. The number of rotatable bonds is 6. The number of amidine groups is 2. The molecule has 13 nitrogen and oxygen atoms in total. The molecule has 0 aromatic heterocycles. The molecule has 1 aliphatic rings. The van der Waals surface area contributed by atoms with Gasteiger partial charge in [0.2, 0.25) is 0 Å². The zero-order chi connectivity index (χ0) is 27.4. The molecule has 196 valence electrons. The van der Waals surface area contributed by atoms with Gasteiger partial charge in [0.05, 0.1) is 16.7 Å². The summed E-state index contributed by atoms with van der Waals surface area (Å²) in [6.07, 6.45) is 0.00462. The van der Waals surface area contributed by atoms with Gasteiger partial charge in [-0.1, -0.05) is 5.16 Å². The summed E-state index contributed by atoms with van der Waals surface area (Å²) < 4.78 is 17.9. The molecule has 0 aliphatic heterocycles. The Bertz CT molecular complexity index is 948. The lowest BCUT2D eigenvalue weighted by atomic mass is 10.2. The maximum Gasteiger partial charge on any atom is 0.417 e. The van der Waals surface area contributed by atoms with Gasteiger partial charge in [0.15, 0.2) is 17.4 Å². The second-order valence-corrected chi connectivity index (χ2v) is 8.98. The molecule has 1 aromatic carbocycles. The Morgan fingerprint density at radius 3 is 2.31 bits per heavy atom. The molecule has 2 rings (SSSR count). The Hall–Kier alpha value is -3.14. The molecule has 35 heavy (non-hydrogen) atoms. The summed E-state index contributed by atoms with van der Waals surface area (Å²) in [4.78, 5) is 25.6. The number of nitrogens with one attached hydrogen (secondary N) is 2. The Balaban J connectivity index is 0.000000978. The van der Waals surface area contributed by atoms with Crippen molar-refractivity contribution in [2.75, 3.05) is 18.5 Å². The van der Waals surface area contributed by atoms with Crippen LogP contribution < -0.4 is 21.8 Å². The average molecular weight is 564 g/mol. The van der Waals surface area contributed by atoms with Crippen molar-refractivity contribution in [1.82, 2.24) is 5.48 Å². The van der Waals surface area contributed by atoms with Gasteiger partial charge in [-0.3, -0.25) is 15.2 Å². The fraction of sp³-hybridized carbons (Fsp3) is 0.450. The minimum Gasteiger partial charge on any atom is -0.464 e. The zero-order valence-electron chi connectivity index (χ0n) is 19.7. The minimum atomic E-state index is -1.55. The van der Waals surface area contributed by atoms with Crippen LogP contribution >= 0.6 is 15.9 Å². The molecular weight excluding hydrogens is 533 g/mol. The topological polar surface area (TPSA) is 220 Å². The molecule has 0 atom stereocenters. The highest BCUT2D eigenvalue weighted by Crippen LogP contribution is 2.32. The van der Waals surface area contributed by atoms with E-state index in [1.165, 1.54) is 13.1 Å². The third kappa shape index (κ3) is 11.7. The first-order chi connectivity index (χ1) is 16.2. The standard InChI is InChI=1S/C14H16BrFN6O3.C5H10O2.CH5NO/c15-8-5-7(1-2-9(8)16)22(13(23)24)12(18)10(21-25)11(17)20-6-14(19)3-4-14;1-5(2,3)7-4-6;1-2-3/h1-2,5,18,25H,3-4,6,19H2,(H2,17,20)(H,23,24);4H,1-3H3;2-3H,1H3/b18-12?,21-10+;;. The Morgan fingerprint density at radius 1 is 1.43 bits per heavy atom. The van der Waals surface area contributed by atoms with E-state index in [4.69, 9.17) is 27.3 Å². The van der Waals surface area contributed by atoms with Crippen LogP contribution in [0.4, 0.5) is 14.9 Å². The van der Waals surface area contributed by atoms with Crippen LogP contribution in [0.15, 0.2) is 32.8 Å². The number of amides is 1. The largest absolute Gasteiger partial charge is 0.464 e. The van der Waals surface area contributed by atoms with Crippen molar-refractivity contribution in [3.05, 3.63) is 28.5 Å². The Labute approximate surface area is 210 Å². The number of aliphatic imine (C=N–C) groups is 1. The molecule has 0 spiro atoms. The predicted octanol–water partition coefficient (Wildman–Crippen LogP) is 2.28. The second-order valence-electron chi connectivity index (χ2n) is 8.13. The summed E-state index contributed by atoms with van der Waals surface area (Å²) in [6.45, 7) is 6.09. The first kappa shape index (κ1) is 31.9. The average Bonchev–Trinajstić information content (AvgIpc) is 3.47. The van der Waals surface area contributed by atoms with Gasteiger partial charge in [0.25, 0.3) is 6.47 Å². The lowest BCUT2D eigenvalue weighted by Crippen LogP contribution is -2.45. The first-order valence-electron chi connectivity index (χ1n) is 9.97. The van der Waals surface area contributed by atoms with E-state index in [9.17, 15) is 19.1 Å². The minimum absolute atomic E-state index is 0.00647. The van der Waals surface area contributed by atoms with Crippen molar-refractivity contribution in [2.45, 2.75) is 44.8 Å². The summed E-state index contributed by atoms with van der Waals surface area (Å²) in [5.41, 5.74) is 12.0. The summed E-state index contributed by atoms with van der Waals surface area (Å²) in [5, 5.41) is 36.8. The molecule has 1 saturated carbocycles. The van der Waals surface area contributed by atoms with Crippen molar-refractivity contribution in [2.24, 2.45) is 21.6 Å². The summed E-state index contributed by atoms with van der Waals surface area (Å²) in [6, 6.07) is 3.35. The molecule has 1 aliphatic carbocycles. The van der Waals surface area contributed by atoms with Crippen LogP contribution in [-0.4, -0.2) is 70.2 Å². The number of halogens is 2. The molecule has 0 heterocycles. The Morgan fingerprint density at radius 2 is 1.97 bits per heavy atom. The van der Waals surface area contributed by atoms with Gasteiger partial charge >= 0.3 is 6.09 Å². The highest BCUT2D eigenvalue weighted by Gasteiger charge is 2.38. The molecule has 1 amide bonds. The van der Waals surface area contributed by atoms with Gasteiger partial charge in [-0.2, -0.15) is 0 Å². The fourth-order valence-corrected chi connectivity index (χ4v) is 2.43. The molecule has 1 aromatic rings. The van der Waals surface area contributed by atoms with Gasteiger partial charge in [-0.25, -0.2) is 19.6 Å². The quantitative estimate of drug-likeness (QED) is 0.0884. The number of hydroxylamine groups is 1. The highest BCUT2D eigenvalue weighted by atomic mass is 79.9. The van der Waals surface area contributed by atoms with E-state index >= 15 is 0 Å². The van der Waals surface area contributed by atoms with Gasteiger partial charge in [-0.15, -0.1) is 0 Å². The van der Waals surface area contributed by atoms with Crippen LogP contribution in [0.5, 0.6) is 0 Å². The van der Waals surface area contributed by atoms with E-state index in [0.717, 1.165) is 25.0 Å². The number of carbonyl (C=O) groups excluding carboxylic acids is 1. The summed E-state index contributed by atoms with van der Waals surface area (Å²) >= 11 is 2.94. The number of oxime groups is 1. The van der Waals surface area contributed by atoms with Crippen molar-refractivity contribution in [3.8, 4) is 0 Å². The third-order valence-electron chi connectivity index (χ3n) is 4.00. The smallest absolute Gasteiger partial charge is 0.417 e. The third-order valence-corrected chi connectivity index (χ3v) is 4.61. The second kappa shape index (κ2) is 14.3. The number of nitrogens with zero attached hydrogens (tertiary/aromatic N) is 3. The molecule has 0 unspecified atom stereocenters. The van der Waals surface area contributed by atoms with Crippen LogP contribution in [0, 0.1) is 11.2 Å². The lowest BCUT2D eigenvalue weighted by molar-refractivity contribution is -0.138. The lowest BCUT2D eigenvalue weighted by Gasteiger charge is -2.20. The van der Waals surface area contributed by atoms with E-state index in [-0.39, 0.29) is 28.1 Å². The maximum atomic E-state index is 13.4. The maximum absolute atomic E-state index is 13.4. The number of anilines is 1. The number of benzene rings is 1. The predicted molar refractivity (Wildman–Crippen MR) is 132 cm³/mol. The molecule has 9 N–H and O–H groups in total. The van der Waals surface area contributed by atoms with E-state index in [0.29, 0.717) is 11.4 Å². The van der Waals surface area contributed by atoms with Crippen LogP contribution in [0.2, 0.25) is 0 Å². The van der Waals surface area contributed by atoms with Crippen LogP contribution in [0.1, 0.15) is 33.6 Å². The van der Waals surface area contributed by atoms with Crippen LogP contribution in [-0.2, 0) is 9.53 Å². The van der Waals surface area contributed by atoms with E-state index in [1.54, 1.807) is 5.48 Å². The van der Waals surface area contributed by atoms with Crippen molar-refractivity contribution >= 4 is 51.6 Å². The summed E-state index contributed by atoms with van der Waals surface area (Å²) in [5.74, 6) is -1.66. The van der Waals surface area contributed by atoms with Crippen molar-refractivity contribution in [3.63, 3.8) is 0 Å². The highest BCUT2D eigenvalue weighted by molar-refractivity contribution is 9.10. The molecule has 0 bridgehead atoms. The number of hydrogen-bond acceptors (Lipinski definition) is 10. The van der Waals surface area contributed by atoms with Gasteiger partial charge < -0.3 is 31.7 Å². The number of hydrogen-bond donors (Lipinski definition) is 7. The van der Waals surface area contributed by atoms with Crippen molar-refractivity contribution < 1.29 is 34.2 Å². The fourth-order valence-electron chi connectivity index (χ4n) is 2.07. The molecular formula is C20H31BrFN7O6. The molecule has 0 radical (unpaired) electrons. The number of ether oxygens (including phenoxy) is 1. The monoisotopic (exact) mass is 563 g/mol. The van der Waals surface area contributed by atoms with Gasteiger partial charge in [-0.05, 0) is 67.7 Å². The molecule has 0 saturated heterocycles. The normalized spacial score (nSPS) is 14.4. The SMILES string of the molecule is CC(C)(C)OC=O.CNO.N=C(/C(=N/O)C(N)=NCC1(N)CC1)N(C(=O)O)c1ccc(F)c(Br)c1. The number of nitrogens with two attached hydrogens (primary N) is 2. The van der Waals surface area contributed by atoms with Crippen LogP contribution in [0.3, 0.4) is 0 Å². The Kier molecular flexibility index (Phi) is 13.0. The first-order valence-corrected chi connectivity index (χ1v) is 10.8. The van der Waals surface area contributed by atoms with Gasteiger partial charge in [0.1, 0.15) is 11.4 Å². The van der Waals surface area contributed by atoms with Crippen molar-refractivity contribution in [1.29, 1.82) is 5.41 Å².